The maximum absolute atomic E-state index is 9.96. The molecule has 0 fully saturated rings. The third-order valence-corrected chi connectivity index (χ3v) is 2.80. The van der Waals surface area contributed by atoms with E-state index < -0.39 is 5.60 Å². The summed E-state index contributed by atoms with van der Waals surface area (Å²) in [7, 11) is 0. The van der Waals surface area contributed by atoms with Crippen molar-refractivity contribution in [3.8, 4) is 0 Å². The minimum atomic E-state index is -0.697. The third-order valence-electron chi connectivity index (χ3n) is 2.80. The molecular formula is C14H23NO. The Hall–Kier alpha value is -0.860. The number of benzene rings is 1. The highest BCUT2D eigenvalue weighted by atomic mass is 16.3. The standard InChI is InChI=1S/C14H23NO/c1-13(2,16)10-12(14(3,4)15)11-8-6-5-7-9-11/h5-9,12,16H,10,15H2,1-4H3/t12-/m1/s1. The first-order valence-corrected chi connectivity index (χ1v) is 5.76. The summed E-state index contributed by atoms with van der Waals surface area (Å²) in [6, 6.07) is 10.2. The molecule has 2 nitrogen and oxygen atoms in total. The van der Waals surface area contributed by atoms with Crippen LogP contribution in [0.1, 0.15) is 45.6 Å². The van der Waals surface area contributed by atoms with Gasteiger partial charge in [-0.25, -0.2) is 0 Å². The van der Waals surface area contributed by atoms with Crippen molar-refractivity contribution in [2.75, 3.05) is 0 Å². The van der Waals surface area contributed by atoms with Gasteiger partial charge in [-0.05, 0) is 39.7 Å². The molecule has 0 bridgehead atoms. The second kappa shape index (κ2) is 4.56. The molecule has 90 valence electrons. The Morgan fingerprint density at radius 3 is 2.00 bits per heavy atom. The fraction of sp³-hybridized carbons (Fsp3) is 0.571. The Kier molecular flexibility index (Phi) is 3.76. The van der Waals surface area contributed by atoms with E-state index in [1.807, 2.05) is 45.9 Å². The average Bonchev–Trinajstić information content (AvgIpc) is 2.13. The molecule has 2 heteroatoms. The molecule has 0 aliphatic heterocycles. The van der Waals surface area contributed by atoms with Gasteiger partial charge in [0.25, 0.3) is 0 Å². The number of hydrogen-bond donors (Lipinski definition) is 2. The monoisotopic (exact) mass is 221 g/mol. The van der Waals surface area contributed by atoms with Gasteiger partial charge in [-0.1, -0.05) is 30.3 Å². The normalized spacial score (nSPS) is 14.9. The summed E-state index contributed by atoms with van der Waals surface area (Å²) in [5, 5.41) is 9.96. The first-order chi connectivity index (χ1) is 7.20. The number of aliphatic hydroxyl groups is 1. The van der Waals surface area contributed by atoms with Gasteiger partial charge >= 0.3 is 0 Å². The Morgan fingerprint density at radius 1 is 1.12 bits per heavy atom. The van der Waals surface area contributed by atoms with E-state index in [1.165, 1.54) is 5.56 Å². The molecule has 0 radical (unpaired) electrons. The van der Waals surface area contributed by atoms with Gasteiger partial charge in [0.15, 0.2) is 0 Å². The Labute approximate surface area is 98.5 Å². The zero-order valence-electron chi connectivity index (χ0n) is 10.7. The van der Waals surface area contributed by atoms with Gasteiger partial charge in [0.2, 0.25) is 0 Å². The predicted octanol–water partition coefficient (Wildman–Crippen LogP) is 2.67. The van der Waals surface area contributed by atoms with E-state index >= 15 is 0 Å². The van der Waals surface area contributed by atoms with E-state index in [1.54, 1.807) is 0 Å². The zero-order valence-corrected chi connectivity index (χ0v) is 10.7. The van der Waals surface area contributed by atoms with Crippen molar-refractivity contribution >= 4 is 0 Å². The fourth-order valence-electron chi connectivity index (χ4n) is 2.00. The van der Waals surface area contributed by atoms with Gasteiger partial charge in [-0.2, -0.15) is 0 Å². The minimum absolute atomic E-state index is 0.161. The Bertz CT molecular complexity index is 319. The van der Waals surface area contributed by atoms with Crippen LogP contribution in [0.2, 0.25) is 0 Å². The van der Waals surface area contributed by atoms with Crippen molar-refractivity contribution in [2.45, 2.75) is 51.2 Å². The van der Waals surface area contributed by atoms with E-state index in [-0.39, 0.29) is 11.5 Å². The van der Waals surface area contributed by atoms with Gasteiger partial charge in [0.05, 0.1) is 5.60 Å². The number of nitrogens with two attached hydrogens (primary N) is 1. The summed E-state index contributed by atoms with van der Waals surface area (Å²) in [5.41, 5.74) is 6.37. The van der Waals surface area contributed by atoms with Gasteiger partial charge in [-0.3, -0.25) is 0 Å². The lowest BCUT2D eigenvalue weighted by molar-refractivity contribution is 0.0547. The predicted molar refractivity (Wildman–Crippen MR) is 68.4 cm³/mol. The molecule has 1 rings (SSSR count). The molecule has 0 saturated carbocycles. The molecule has 0 unspecified atom stereocenters. The van der Waals surface area contributed by atoms with Crippen molar-refractivity contribution in [3.05, 3.63) is 35.9 Å². The van der Waals surface area contributed by atoms with Crippen LogP contribution in [0.4, 0.5) is 0 Å². The first-order valence-electron chi connectivity index (χ1n) is 5.76. The van der Waals surface area contributed by atoms with Gasteiger partial charge in [0.1, 0.15) is 0 Å². The first kappa shape index (κ1) is 13.2. The van der Waals surface area contributed by atoms with E-state index in [9.17, 15) is 5.11 Å². The summed E-state index contributed by atoms with van der Waals surface area (Å²) >= 11 is 0. The van der Waals surface area contributed by atoms with Crippen molar-refractivity contribution in [1.29, 1.82) is 0 Å². The van der Waals surface area contributed by atoms with Crippen molar-refractivity contribution in [1.82, 2.24) is 0 Å². The van der Waals surface area contributed by atoms with E-state index in [0.717, 1.165) is 0 Å². The highest BCUT2D eigenvalue weighted by Gasteiger charge is 2.31. The van der Waals surface area contributed by atoms with Crippen LogP contribution in [0, 0.1) is 0 Å². The number of rotatable bonds is 4. The largest absolute Gasteiger partial charge is 0.390 e. The minimum Gasteiger partial charge on any atom is -0.390 e. The maximum Gasteiger partial charge on any atom is 0.0598 e. The average molecular weight is 221 g/mol. The van der Waals surface area contributed by atoms with Crippen molar-refractivity contribution in [3.63, 3.8) is 0 Å². The van der Waals surface area contributed by atoms with Crippen molar-refractivity contribution in [2.24, 2.45) is 5.73 Å². The Morgan fingerprint density at radius 2 is 1.62 bits per heavy atom. The summed E-state index contributed by atoms with van der Waals surface area (Å²) in [6.45, 7) is 7.68. The van der Waals surface area contributed by atoms with Crippen LogP contribution in [0.5, 0.6) is 0 Å². The molecule has 3 N–H and O–H groups in total. The van der Waals surface area contributed by atoms with Crippen LogP contribution in [-0.2, 0) is 0 Å². The van der Waals surface area contributed by atoms with Crippen LogP contribution in [-0.4, -0.2) is 16.2 Å². The quantitative estimate of drug-likeness (QED) is 0.821. The van der Waals surface area contributed by atoms with E-state index in [0.29, 0.717) is 6.42 Å². The summed E-state index contributed by atoms with van der Waals surface area (Å²) in [5.74, 6) is 0.161. The molecule has 0 saturated heterocycles. The SMILES string of the molecule is CC(C)(O)C[C@H](c1ccccc1)C(C)(C)N. The molecule has 0 aliphatic rings. The molecule has 1 aromatic rings. The Balaban J connectivity index is 2.98. The molecule has 1 atom stereocenters. The molecule has 0 amide bonds. The summed E-state index contributed by atoms with van der Waals surface area (Å²) < 4.78 is 0. The molecule has 0 spiro atoms. The van der Waals surface area contributed by atoms with Crippen LogP contribution >= 0.6 is 0 Å². The number of hydrogen-bond acceptors (Lipinski definition) is 2. The summed E-state index contributed by atoms with van der Waals surface area (Å²) in [4.78, 5) is 0. The lowest BCUT2D eigenvalue weighted by Gasteiger charge is -2.35. The smallest absolute Gasteiger partial charge is 0.0598 e. The van der Waals surface area contributed by atoms with Gasteiger partial charge in [0, 0.05) is 11.5 Å². The van der Waals surface area contributed by atoms with Crippen LogP contribution < -0.4 is 5.73 Å². The maximum atomic E-state index is 9.96. The van der Waals surface area contributed by atoms with Crippen LogP contribution in [0.15, 0.2) is 30.3 Å². The molecular weight excluding hydrogens is 198 g/mol. The summed E-state index contributed by atoms with van der Waals surface area (Å²) in [6.07, 6.45) is 0.667. The molecule has 1 aromatic carbocycles. The second-order valence-corrected chi connectivity index (χ2v) is 5.80. The third kappa shape index (κ3) is 3.95. The topological polar surface area (TPSA) is 46.2 Å². The van der Waals surface area contributed by atoms with E-state index in [2.05, 4.69) is 12.1 Å². The molecule has 16 heavy (non-hydrogen) atoms. The molecule has 0 aliphatic carbocycles. The zero-order chi connectivity index (χ0) is 12.4. The lowest BCUT2D eigenvalue weighted by Crippen LogP contribution is -2.42. The van der Waals surface area contributed by atoms with Gasteiger partial charge in [-0.15, -0.1) is 0 Å². The second-order valence-electron chi connectivity index (χ2n) is 5.80. The van der Waals surface area contributed by atoms with Crippen LogP contribution in [0.3, 0.4) is 0 Å². The lowest BCUT2D eigenvalue weighted by atomic mass is 9.76. The van der Waals surface area contributed by atoms with Crippen LogP contribution in [0.25, 0.3) is 0 Å². The fourth-order valence-corrected chi connectivity index (χ4v) is 2.00. The molecule has 0 heterocycles. The molecule has 0 aromatic heterocycles. The van der Waals surface area contributed by atoms with Crippen molar-refractivity contribution < 1.29 is 5.11 Å². The highest BCUT2D eigenvalue weighted by molar-refractivity contribution is 5.23. The van der Waals surface area contributed by atoms with E-state index in [4.69, 9.17) is 5.73 Å². The van der Waals surface area contributed by atoms with Gasteiger partial charge < -0.3 is 10.8 Å². The highest BCUT2D eigenvalue weighted by Crippen LogP contribution is 2.33.